The molecular weight excluding hydrogens is 260 g/mol. The molecule has 0 aromatic carbocycles. The van der Waals surface area contributed by atoms with Crippen molar-refractivity contribution in [3.8, 4) is 0 Å². The molecule has 0 atom stereocenters. The molecule has 106 valence electrons. The number of hydrogen-bond acceptors (Lipinski definition) is 4. The molecule has 7 nitrogen and oxygen atoms in total. The van der Waals surface area contributed by atoms with Crippen molar-refractivity contribution in [2.45, 2.75) is 26.9 Å². The summed E-state index contributed by atoms with van der Waals surface area (Å²) in [6, 6.07) is 0. The van der Waals surface area contributed by atoms with Crippen LogP contribution in [-0.4, -0.2) is 24.5 Å². The highest BCUT2D eigenvalue weighted by Crippen LogP contribution is 2.01. The maximum Gasteiger partial charge on any atom is 0.331 e. The molecule has 2 aromatic heterocycles. The molecule has 2 aromatic rings. The second kappa shape index (κ2) is 5.28. The Morgan fingerprint density at radius 2 is 2.00 bits per heavy atom. The molecule has 0 saturated carbocycles. The van der Waals surface area contributed by atoms with Crippen LogP contribution in [0.3, 0.4) is 0 Å². The molecule has 0 saturated heterocycles. The van der Waals surface area contributed by atoms with E-state index in [1.807, 2.05) is 11.5 Å². The summed E-state index contributed by atoms with van der Waals surface area (Å²) in [6.45, 7) is 4.27. The van der Waals surface area contributed by atoms with E-state index in [1.165, 1.54) is 24.7 Å². The second-order valence-electron chi connectivity index (χ2n) is 4.54. The van der Waals surface area contributed by atoms with Crippen LogP contribution in [0, 0.1) is 0 Å². The van der Waals surface area contributed by atoms with E-state index in [-0.39, 0.29) is 17.9 Å². The van der Waals surface area contributed by atoms with Gasteiger partial charge in [0, 0.05) is 26.0 Å². The summed E-state index contributed by atoms with van der Waals surface area (Å²) < 4.78 is 4.19. The minimum Gasteiger partial charge on any atom is -0.333 e. The molecule has 7 heteroatoms. The number of ketones is 1. The van der Waals surface area contributed by atoms with Crippen LogP contribution < -0.4 is 11.2 Å². The molecule has 2 heterocycles. The minimum absolute atomic E-state index is 0.00895. The minimum atomic E-state index is -0.567. The molecule has 0 N–H and O–H groups in total. The van der Waals surface area contributed by atoms with E-state index in [9.17, 15) is 14.4 Å². The lowest BCUT2D eigenvalue weighted by Crippen LogP contribution is -2.40. The highest BCUT2D eigenvalue weighted by Gasteiger charge is 2.13. The van der Waals surface area contributed by atoms with E-state index in [0.29, 0.717) is 0 Å². The number of rotatable bonds is 4. The SMILES string of the molecule is CCn1cncc1Cn1cc(C(C)=O)c(=O)n(C)c1=O. The lowest BCUT2D eigenvalue weighted by atomic mass is 10.2. The average Bonchev–Trinajstić information content (AvgIpc) is 2.86. The van der Waals surface area contributed by atoms with E-state index in [1.54, 1.807) is 12.5 Å². The van der Waals surface area contributed by atoms with Crippen LogP contribution in [0.15, 0.2) is 28.3 Å². The lowest BCUT2D eigenvalue weighted by molar-refractivity contribution is 0.101. The average molecular weight is 276 g/mol. The zero-order chi connectivity index (χ0) is 14.9. The van der Waals surface area contributed by atoms with Crippen LogP contribution in [0.1, 0.15) is 29.9 Å². The smallest absolute Gasteiger partial charge is 0.331 e. The number of nitrogens with zero attached hydrogens (tertiary/aromatic N) is 4. The van der Waals surface area contributed by atoms with Gasteiger partial charge >= 0.3 is 5.69 Å². The predicted octanol–water partition coefficient (Wildman–Crippen LogP) is 0.0143. The molecule has 0 bridgehead atoms. The third kappa shape index (κ3) is 2.34. The third-order valence-corrected chi connectivity index (χ3v) is 3.20. The molecule has 0 radical (unpaired) electrons. The molecule has 0 unspecified atom stereocenters. The van der Waals surface area contributed by atoms with Crippen LogP contribution in [0.2, 0.25) is 0 Å². The molecule has 0 aliphatic rings. The van der Waals surface area contributed by atoms with Gasteiger partial charge in [-0.15, -0.1) is 0 Å². The van der Waals surface area contributed by atoms with Crippen molar-refractivity contribution in [3.05, 3.63) is 50.8 Å². The molecular formula is C13H16N4O3. The summed E-state index contributed by atoms with van der Waals surface area (Å²) in [5, 5.41) is 0. The first kappa shape index (κ1) is 14.0. The Hall–Kier alpha value is -2.44. The normalized spacial score (nSPS) is 10.8. The Labute approximate surface area is 115 Å². The molecule has 2 rings (SSSR count). The van der Waals surface area contributed by atoms with Crippen molar-refractivity contribution in [2.24, 2.45) is 7.05 Å². The second-order valence-corrected chi connectivity index (χ2v) is 4.54. The van der Waals surface area contributed by atoms with Crippen molar-refractivity contribution in [1.82, 2.24) is 18.7 Å². The predicted molar refractivity (Wildman–Crippen MR) is 73.0 cm³/mol. The molecule has 0 aliphatic carbocycles. The number of imidazole rings is 1. The maximum atomic E-state index is 12.1. The van der Waals surface area contributed by atoms with Crippen LogP contribution in [0.25, 0.3) is 0 Å². The Bertz CT molecular complexity index is 767. The highest BCUT2D eigenvalue weighted by atomic mass is 16.2. The van der Waals surface area contributed by atoms with E-state index in [2.05, 4.69) is 4.98 Å². The number of aryl methyl sites for hydroxylation is 1. The molecule has 0 spiro atoms. The lowest BCUT2D eigenvalue weighted by Gasteiger charge is -2.10. The molecule has 0 amide bonds. The fraction of sp³-hybridized carbons (Fsp3) is 0.385. The quantitative estimate of drug-likeness (QED) is 0.737. The van der Waals surface area contributed by atoms with Gasteiger partial charge in [-0.05, 0) is 13.8 Å². The Kier molecular flexibility index (Phi) is 3.69. The Morgan fingerprint density at radius 3 is 2.60 bits per heavy atom. The molecule has 0 aliphatic heterocycles. The fourth-order valence-electron chi connectivity index (χ4n) is 2.02. The first-order valence-electron chi connectivity index (χ1n) is 6.26. The summed E-state index contributed by atoms with van der Waals surface area (Å²) in [5.74, 6) is -0.358. The molecule has 0 fully saturated rings. The summed E-state index contributed by atoms with van der Waals surface area (Å²) in [7, 11) is 1.37. The monoisotopic (exact) mass is 276 g/mol. The highest BCUT2D eigenvalue weighted by molar-refractivity contribution is 5.93. The van der Waals surface area contributed by atoms with Gasteiger partial charge in [0.1, 0.15) is 0 Å². The summed E-state index contributed by atoms with van der Waals surface area (Å²) in [4.78, 5) is 39.4. The van der Waals surface area contributed by atoms with Crippen molar-refractivity contribution < 1.29 is 4.79 Å². The number of aromatic nitrogens is 4. The van der Waals surface area contributed by atoms with Gasteiger partial charge in [-0.3, -0.25) is 18.7 Å². The fourth-order valence-corrected chi connectivity index (χ4v) is 2.02. The molecule has 20 heavy (non-hydrogen) atoms. The topological polar surface area (TPSA) is 78.9 Å². The zero-order valence-corrected chi connectivity index (χ0v) is 11.7. The van der Waals surface area contributed by atoms with E-state index in [0.717, 1.165) is 16.8 Å². The van der Waals surface area contributed by atoms with E-state index >= 15 is 0 Å². The number of carbonyl (C=O) groups excluding carboxylic acids is 1. The van der Waals surface area contributed by atoms with Gasteiger partial charge in [-0.25, -0.2) is 9.78 Å². The van der Waals surface area contributed by atoms with E-state index in [4.69, 9.17) is 0 Å². The maximum absolute atomic E-state index is 12.1. The van der Waals surface area contributed by atoms with Crippen molar-refractivity contribution in [1.29, 1.82) is 0 Å². The van der Waals surface area contributed by atoms with Crippen LogP contribution in [0.5, 0.6) is 0 Å². The van der Waals surface area contributed by atoms with Gasteiger partial charge in [0.15, 0.2) is 5.78 Å². The van der Waals surface area contributed by atoms with Crippen molar-refractivity contribution >= 4 is 5.78 Å². The van der Waals surface area contributed by atoms with Crippen molar-refractivity contribution in [2.75, 3.05) is 0 Å². The summed E-state index contributed by atoms with van der Waals surface area (Å²) in [5.41, 5.74) is -0.177. The zero-order valence-electron chi connectivity index (χ0n) is 11.7. The Balaban J connectivity index is 2.55. The standard InChI is InChI=1S/C13H16N4O3/c1-4-16-8-14-5-10(16)6-17-7-11(9(2)18)12(19)15(3)13(17)20/h5,7-8H,4,6H2,1-3H3. The van der Waals surface area contributed by atoms with Gasteiger partial charge in [0.2, 0.25) is 0 Å². The largest absolute Gasteiger partial charge is 0.333 e. The van der Waals surface area contributed by atoms with Crippen LogP contribution in [-0.2, 0) is 20.1 Å². The number of Topliss-reactive ketones (excluding diaryl/α,β-unsaturated/α-hetero) is 1. The van der Waals surface area contributed by atoms with Gasteiger partial charge in [0.05, 0.1) is 24.1 Å². The van der Waals surface area contributed by atoms with Crippen LogP contribution in [0.4, 0.5) is 0 Å². The van der Waals surface area contributed by atoms with E-state index < -0.39 is 11.2 Å². The number of carbonyl (C=O) groups is 1. The first-order chi connectivity index (χ1) is 9.45. The van der Waals surface area contributed by atoms with Crippen molar-refractivity contribution in [3.63, 3.8) is 0 Å². The summed E-state index contributed by atoms with van der Waals surface area (Å²) >= 11 is 0. The van der Waals surface area contributed by atoms with Crippen LogP contribution >= 0.6 is 0 Å². The van der Waals surface area contributed by atoms with Gasteiger partial charge in [0.25, 0.3) is 5.56 Å². The third-order valence-electron chi connectivity index (χ3n) is 3.20. The van der Waals surface area contributed by atoms with Gasteiger partial charge in [-0.1, -0.05) is 0 Å². The van der Waals surface area contributed by atoms with Gasteiger partial charge in [-0.2, -0.15) is 0 Å². The first-order valence-corrected chi connectivity index (χ1v) is 6.26. The van der Waals surface area contributed by atoms with Gasteiger partial charge < -0.3 is 4.57 Å². The Morgan fingerprint density at radius 1 is 1.30 bits per heavy atom. The summed E-state index contributed by atoms with van der Waals surface area (Å²) in [6.07, 6.45) is 4.66. The number of hydrogen-bond donors (Lipinski definition) is 0.